The molecule has 1 heterocycles. The minimum Gasteiger partial charge on any atom is -0.478 e. The summed E-state index contributed by atoms with van der Waals surface area (Å²) in [4.78, 5) is 23.2. The van der Waals surface area contributed by atoms with Crippen molar-refractivity contribution in [3.63, 3.8) is 0 Å². The highest BCUT2D eigenvalue weighted by molar-refractivity contribution is 5.94. The molecule has 0 bridgehead atoms. The van der Waals surface area contributed by atoms with Gasteiger partial charge in [-0.2, -0.15) is 0 Å². The Labute approximate surface area is 152 Å². The molecule has 0 spiro atoms. The van der Waals surface area contributed by atoms with Gasteiger partial charge >= 0.3 is 11.9 Å². The number of methoxy groups -OCH3 is 1. The molecule has 0 saturated heterocycles. The van der Waals surface area contributed by atoms with Gasteiger partial charge in [-0.15, -0.1) is 0 Å². The highest BCUT2D eigenvalue weighted by atomic mass is 16.5. The van der Waals surface area contributed by atoms with Gasteiger partial charge in [0.2, 0.25) is 0 Å². The van der Waals surface area contributed by atoms with E-state index in [2.05, 4.69) is 0 Å². The molecule has 1 aromatic heterocycles. The van der Waals surface area contributed by atoms with Crippen LogP contribution in [-0.2, 0) is 9.53 Å². The second kappa shape index (κ2) is 8.04. The summed E-state index contributed by atoms with van der Waals surface area (Å²) in [5, 5.41) is 9.04. The van der Waals surface area contributed by atoms with Crippen molar-refractivity contribution in [1.29, 1.82) is 0 Å². The van der Waals surface area contributed by atoms with Crippen molar-refractivity contribution >= 4 is 18.0 Å². The Morgan fingerprint density at radius 3 is 2.62 bits per heavy atom. The molecular weight excluding hydrogens is 332 g/mol. The van der Waals surface area contributed by atoms with E-state index in [1.54, 1.807) is 18.6 Å². The van der Waals surface area contributed by atoms with Gasteiger partial charge in [0, 0.05) is 11.6 Å². The third-order valence-electron chi connectivity index (χ3n) is 4.88. The topological polar surface area (TPSA) is 76.7 Å². The van der Waals surface area contributed by atoms with Crippen molar-refractivity contribution < 1.29 is 23.8 Å². The molecule has 2 aromatic rings. The minimum atomic E-state index is -1.04. The Morgan fingerprint density at radius 1 is 1.23 bits per heavy atom. The van der Waals surface area contributed by atoms with E-state index < -0.39 is 11.9 Å². The molecule has 1 aliphatic rings. The first-order chi connectivity index (χ1) is 12.6. The van der Waals surface area contributed by atoms with E-state index in [0.717, 1.165) is 48.4 Å². The SMILES string of the molecule is COC(=O)c1cc(/C=C/C(=O)O)c(-c2ccoc2)c(C2CCCCC2)c1. The number of aliphatic carboxylic acids is 1. The smallest absolute Gasteiger partial charge is 0.337 e. The molecule has 0 atom stereocenters. The van der Waals surface area contributed by atoms with Gasteiger partial charge in [-0.05, 0) is 59.7 Å². The summed E-state index contributed by atoms with van der Waals surface area (Å²) in [7, 11) is 1.35. The highest BCUT2D eigenvalue weighted by Crippen LogP contribution is 2.41. The van der Waals surface area contributed by atoms with Crippen molar-refractivity contribution in [1.82, 2.24) is 0 Å². The van der Waals surface area contributed by atoms with Crippen molar-refractivity contribution in [3.8, 4) is 11.1 Å². The summed E-state index contributed by atoms with van der Waals surface area (Å²) in [6.07, 6.45) is 11.5. The van der Waals surface area contributed by atoms with E-state index in [-0.39, 0.29) is 0 Å². The van der Waals surface area contributed by atoms with Crippen LogP contribution >= 0.6 is 0 Å². The first-order valence-corrected chi connectivity index (χ1v) is 8.80. The van der Waals surface area contributed by atoms with Crippen LogP contribution in [0.5, 0.6) is 0 Å². The van der Waals surface area contributed by atoms with E-state index in [0.29, 0.717) is 17.0 Å². The molecule has 136 valence electrons. The van der Waals surface area contributed by atoms with Crippen LogP contribution in [0.1, 0.15) is 59.5 Å². The van der Waals surface area contributed by atoms with E-state index in [4.69, 9.17) is 14.3 Å². The summed E-state index contributed by atoms with van der Waals surface area (Å²) in [6, 6.07) is 5.43. The molecule has 5 heteroatoms. The summed E-state index contributed by atoms with van der Waals surface area (Å²) in [5.41, 5.74) is 3.98. The molecular formula is C21H22O5. The molecule has 5 nitrogen and oxygen atoms in total. The van der Waals surface area contributed by atoms with Crippen LogP contribution in [0.4, 0.5) is 0 Å². The number of esters is 1. The summed E-state index contributed by atoms with van der Waals surface area (Å²) < 4.78 is 10.2. The normalized spacial score (nSPS) is 15.3. The molecule has 0 unspecified atom stereocenters. The van der Waals surface area contributed by atoms with E-state index in [1.165, 1.54) is 19.6 Å². The van der Waals surface area contributed by atoms with Crippen LogP contribution in [0.15, 0.2) is 41.2 Å². The van der Waals surface area contributed by atoms with Crippen molar-refractivity contribution in [2.75, 3.05) is 7.11 Å². The fraction of sp³-hybridized carbons (Fsp3) is 0.333. The highest BCUT2D eigenvalue weighted by Gasteiger charge is 2.23. The molecule has 3 rings (SSSR count). The van der Waals surface area contributed by atoms with Gasteiger partial charge in [0.25, 0.3) is 0 Å². The number of hydrogen-bond donors (Lipinski definition) is 1. The maximum Gasteiger partial charge on any atom is 0.337 e. The van der Waals surface area contributed by atoms with Gasteiger partial charge in [-0.1, -0.05) is 19.3 Å². The van der Waals surface area contributed by atoms with Crippen LogP contribution in [0.25, 0.3) is 17.2 Å². The number of benzene rings is 1. The van der Waals surface area contributed by atoms with Crippen molar-refractivity contribution in [2.24, 2.45) is 0 Å². The van der Waals surface area contributed by atoms with Crippen molar-refractivity contribution in [2.45, 2.75) is 38.0 Å². The number of rotatable bonds is 5. The minimum absolute atomic E-state index is 0.329. The molecule has 0 radical (unpaired) electrons. The molecule has 1 aliphatic carbocycles. The standard InChI is InChI=1S/C21H22O5/c1-25-21(24)17-11-15(7-8-19(22)23)20(16-9-10-26-13-16)18(12-17)14-5-3-2-4-6-14/h7-14H,2-6H2,1H3,(H,22,23)/b8-7+. The Balaban J connectivity index is 2.22. The molecule has 1 saturated carbocycles. The summed E-state index contributed by atoms with van der Waals surface area (Å²) >= 11 is 0. The van der Waals surface area contributed by atoms with E-state index in [1.807, 2.05) is 12.1 Å². The third kappa shape index (κ3) is 3.87. The molecule has 1 aromatic carbocycles. The fourth-order valence-electron chi connectivity index (χ4n) is 3.69. The van der Waals surface area contributed by atoms with Crippen LogP contribution in [0, 0.1) is 0 Å². The lowest BCUT2D eigenvalue weighted by Gasteiger charge is -2.26. The van der Waals surface area contributed by atoms with Gasteiger partial charge in [-0.25, -0.2) is 9.59 Å². The van der Waals surface area contributed by atoms with Crippen LogP contribution < -0.4 is 0 Å². The molecule has 0 aliphatic heterocycles. The number of furan rings is 1. The quantitative estimate of drug-likeness (QED) is 0.612. The largest absolute Gasteiger partial charge is 0.478 e. The second-order valence-electron chi connectivity index (χ2n) is 6.54. The van der Waals surface area contributed by atoms with Gasteiger partial charge in [0.15, 0.2) is 0 Å². The molecule has 0 amide bonds. The lowest BCUT2D eigenvalue weighted by atomic mass is 9.79. The predicted molar refractivity (Wildman–Crippen MR) is 98.0 cm³/mol. The lowest BCUT2D eigenvalue weighted by molar-refractivity contribution is -0.131. The van der Waals surface area contributed by atoms with Gasteiger partial charge in [-0.3, -0.25) is 0 Å². The average molecular weight is 354 g/mol. The Morgan fingerprint density at radius 2 is 2.00 bits per heavy atom. The average Bonchev–Trinajstić information content (AvgIpc) is 3.19. The Bertz CT molecular complexity index is 811. The lowest BCUT2D eigenvalue weighted by Crippen LogP contribution is -2.10. The van der Waals surface area contributed by atoms with Crippen molar-refractivity contribution in [3.05, 3.63) is 53.5 Å². The zero-order valence-corrected chi connectivity index (χ0v) is 14.7. The van der Waals surface area contributed by atoms with Crippen LogP contribution in [-0.4, -0.2) is 24.2 Å². The van der Waals surface area contributed by atoms with E-state index in [9.17, 15) is 9.59 Å². The number of hydrogen-bond acceptors (Lipinski definition) is 4. The molecule has 26 heavy (non-hydrogen) atoms. The number of carboxylic acid groups (broad SMARTS) is 1. The Hall–Kier alpha value is -2.82. The Kier molecular flexibility index (Phi) is 5.56. The molecule has 1 fully saturated rings. The maximum absolute atomic E-state index is 12.2. The second-order valence-corrected chi connectivity index (χ2v) is 6.54. The number of ether oxygens (including phenoxy) is 1. The first-order valence-electron chi connectivity index (χ1n) is 8.80. The first kappa shape index (κ1) is 18.0. The third-order valence-corrected chi connectivity index (χ3v) is 4.88. The zero-order chi connectivity index (χ0) is 18.5. The van der Waals surface area contributed by atoms with Crippen LogP contribution in [0.3, 0.4) is 0 Å². The van der Waals surface area contributed by atoms with E-state index >= 15 is 0 Å². The van der Waals surface area contributed by atoms with Crippen LogP contribution in [0.2, 0.25) is 0 Å². The van der Waals surface area contributed by atoms with Gasteiger partial charge < -0.3 is 14.3 Å². The fourth-order valence-corrected chi connectivity index (χ4v) is 3.69. The summed E-state index contributed by atoms with van der Waals surface area (Å²) in [6.45, 7) is 0. The number of carbonyl (C=O) groups is 2. The number of carboxylic acids is 1. The van der Waals surface area contributed by atoms with Gasteiger partial charge in [0.1, 0.15) is 0 Å². The zero-order valence-electron chi connectivity index (χ0n) is 14.7. The van der Waals surface area contributed by atoms with Gasteiger partial charge in [0.05, 0.1) is 25.2 Å². The monoisotopic (exact) mass is 354 g/mol. The maximum atomic E-state index is 12.2. The summed E-state index contributed by atoms with van der Waals surface area (Å²) in [5.74, 6) is -1.13. The number of carbonyl (C=O) groups excluding carboxylic acids is 1. The molecule has 1 N–H and O–H groups in total. The predicted octanol–water partition coefficient (Wildman–Crippen LogP) is 4.88.